The second-order valence-corrected chi connectivity index (χ2v) is 6.64. The van der Waals surface area contributed by atoms with Crippen molar-refractivity contribution in [2.75, 3.05) is 31.6 Å². The Morgan fingerprint density at radius 1 is 1.14 bits per heavy atom. The molecule has 1 heterocycles. The first kappa shape index (κ1) is 19.7. The van der Waals surface area contributed by atoms with Crippen molar-refractivity contribution in [3.05, 3.63) is 53.1 Å². The Bertz CT molecular complexity index is 889. The van der Waals surface area contributed by atoms with E-state index in [0.717, 1.165) is 30.0 Å². The summed E-state index contributed by atoms with van der Waals surface area (Å²) in [7, 11) is 0. The van der Waals surface area contributed by atoms with Gasteiger partial charge in [-0.05, 0) is 61.7 Å². The average molecular weight is 379 g/mol. The fourth-order valence-electron chi connectivity index (χ4n) is 3.36. The number of rotatable bonds is 7. The molecule has 0 fully saturated rings. The van der Waals surface area contributed by atoms with E-state index in [-0.39, 0.29) is 5.91 Å². The van der Waals surface area contributed by atoms with Crippen molar-refractivity contribution < 1.29 is 14.3 Å². The molecule has 3 rings (SSSR count). The highest BCUT2D eigenvalue weighted by Gasteiger charge is 2.21. The lowest BCUT2D eigenvalue weighted by molar-refractivity contribution is -0.117. The van der Waals surface area contributed by atoms with Crippen LogP contribution in [0.5, 0.6) is 11.5 Å². The van der Waals surface area contributed by atoms with E-state index in [0.29, 0.717) is 37.6 Å². The van der Waals surface area contributed by atoms with Crippen LogP contribution in [-0.4, -0.2) is 37.1 Å². The van der Waals surface area contributed by atoms with Gasteiger partial charge in [-0.1, -0.05) is 6.07 Å². The number of nitriles is 1. The van der Waals surface area contributed by atoms with Crippen LogP contribution in [0.15, 0.2) is 36.4 Å². The predicted molar refractivity (Wildman–Crippen MR) is 108 cm³/mol. The van der Waals surface area contributed by atoms with Gasteiger partial charge in [0.2, 0.25) is 5.91 Å². The van der Waals surface area contributed by atoms with E-state index in [2.05, 4.69) is 22.4 Å². The van der Waals surface area contributed by atoms with Gasteiger partial charge in [0.15, 0.2) is 11.5 Å². The largest absolute Gasteiger partial charge is 0.490 e. The van der Waals surface area contributed by atoms with Crippen LogP contribution in [0.2, 0.25) is 0 Å². The predicted octanol–water partition coefficient (Wildman–Crippen LogP) is 3.35. The number of hydrogen-bond acceptors (Lipinski definition) is 5. The third-order valence-electron chi connectivity index (χ3n) is 4.60. The molecule has 1 N–H and O–H groups in total. The zero-order valence-electron chi connectivity index (χ0n) is 16.3. The van der Waals surface area contributed by atoms with Crippen molar-refractivity contribution in [1.29, 1.82) is 5.26 Å². The molecule has 2 aromatic carbocycles. The molecule has 146 valence electrons. The molecular formula is C22H25N3O3. The molecule has 0 aliphatic carbocycles. The van der Waals surface area contributed by atoms with Crippen LogP contribution < -0.4 is 14.8 Å². The first-order valence-electron chi connectivity index (χ1n) is 9.56. The van der Waals surface area contributed by atoms with E-state index in [1.165, 1.54) is 5.56 Å². The maximum atomic E-state index is 12.4. The summed E-state index contributed by atoms with van der Waals surface area (Å²) in [6.45, 7) is 6.87. The number of nitrogens with zero attached hydrogens (tertiary/aromatic N) is 2. The van der Waals surface area contributed by atoms with Crippen molar-refractivity contribution in [3.63, 3.8) is 0 Å². The molecule has 0 spiro atoms. The van der Waals surface area contributed by atoms with E-state index >= 15 is 0 Å². The molecule has 1 aliphatic rings. The molecule has 0 bridgehead atoms. The molecule has 0 atom stereocenters. The van der Waals surface area contributed by atoms with Gasteiger partial charge in [-0.25, -0.2) is 0 Å². The van der Waals surface area contributed by atoms with Crippen molar-refractivity contribution in [2.45, 2.75) is 26.8 Å². The lowest BCUT2D eigenvalue weighted by atomic mass is 9.98. The summed E-state index contributed by atoms with van der Waals surface area (Å²) in [6.07, 6.45) is 0.860. The van der Waals surface area contributed by atoms with E-state index in [1.807, 2.05) is 19.9 Å². The number of carbonyl (C=O) groups excluding carboxylic acids is 1. The number of benzene rings is 2. The fraction of sp³-hybridized carbons (Fsp3) is 0.364. The highest BCUT2D eigenvalue weighted by atomic mass is 16.5. The molecule has 6 heteroatoms. The van der Waals surface area contributed by atoms with Crippen LogP contribution in [-0.2, 0) is 17.8 Å². The van der Waals surface area contributed by atoms with Crippen molar-refractivity contribution in [3.8, 4) is 17.6 Å². The van der Waals surface area contributed by atoms with Gasteiger partial charge in [-0.3, -0.25) is 9.69 Å². The van der Waals surface area contributed by atoms with E-state index in [1.54, 1.807) is 24.3 Å². The molecule has 6 nitrogen and oxygen atoms in total. The number of anilines is 1. The average Bonchev–Trinajstić information content (AvgIpc) is 2.69. The Morgan fingerprint density at radius 2 is 1.86 bits per heavy atom. The molecule has 0 aromatic heterocycles. The van der Waals surface area contributed by atoms with Crippen LogP contribution >= 0.6 is 0 Å². The number of carbonyl (C=O) groups is 1. The Balaban J connectivity index is 1.66. The molecule has 0 radical (unpaired) electrons. The maximum absolute atomic E-state index is 12.4. The number of hydrogen-bond donors (Lipinski definition) is 1. The molecule has 1 amide bonds. The third-order valence-corrected chi connectivity index (χ3v) is 4.60. The Morgan fingerprint density at radius 3 is 2.54 bits per heavy atom. The van der Waals surface area contributed by atoms with Gasteiger partial charge in [-0.15, -0.1) is 0 Å². The monoisotopic (exact) mass is 379 g/mol. The summed E-state index contributed by atoms with van der Waals surface area (Å²) < 4.78 is 11.4. The number of ether oxygens (including phenoxy) is 2. The van der Waals surface area contributed by atoms with Gasteiger partial charge in [-0.2, -0.15) is 5.26 Å². The molecule has 0 saturated heterocycles. The maximum Gasteiger partial charge on any atom is 0.238 e. The highest BCUT2D eigenvalue weighted by Crippen LogP contribution is 2.33. The zero-order valence-corrected chi connectivity index (χ0v) is 16.3. The molecular weight excluding hydrogens is 354 g/mol. The Labute approximate surface area is 165 Å². The van der Waals surface area contributed by atoms with Crippen LogP contribution in [0.1, 0.15) is 30.5 Å². The van der Waals surface area contributed by atoms with Crippen LogP contribution in [0, 0.1) is 11.3 Å². The molecule has 2 aromatic rings. The summed E-state index contributed by atoms with van der Waals surface area (Å²) in [5.74, 6) is 1.45. The normalized spacial score (nSPS) is 13.3. The number of fused-ring (bicyclic) bond motifs is 1. The molecule has 0 unspecified atom stereocenters. The summed E-state index contributed by atoms with van der Waals surface area (Å²) in [6, 6.07) is 13.1. The lowest BCUT2D eigenvalue weighted by Crippen LogP contribution is -2.37. The van der Waals surface area contributed by atoms with Crippen molar-refractivity contribution >= 4 is 11.6 Å². The topological polar surface area (TPSA) is 74.6 Å². The Hall–Kier alpha value is -3.04. The second kappa shape index (κ2) is 9.25. The number of amides is 1. The summed E-state index contributed by atoms with van der Waals surface area (Å²) in [5, 5.41) is 11.8. The number of nitrogens with one attached hydrogen (secondary N) is 1. The minimum atomic E-state index is -0.0884. The summed E-state index contributed by atoms with van der Waals surface area (Å²) >= 11 is 0. The van der Waals surface area contributed by atoms with E-state index in [9.17, 15) is 4.79 Å². The Kier molecular flexibility index (Phi) is 6.51. The van der Waals surface area contributed by atoms with Crippen molar-refractivity contribution in [1.82, 2.24) is 4.90 Å². The summed E-state index contributed by atoms with van der Waals surface area (Å²) in [5.41, 5.74) is 3.57. The minimum absolute atomic E-state index is 0.0884. The van der Waals surface area contributed by atoms with Gasteiger partial charge >= 0.3 is 0 Å². The van der Waals surface area contributed by atoms with Crippen molar-refractivity contribution in [2.24, 2.45) is 0 Å². The molecule has 28 heavy (non-hydrogen) atoms. The standard InChI is InChI=1S/C22H25N3O3/c1-3-27-20-11-17-8-9-25(14-18(17)12-21(20)28-4-2)15-22(26)24-19-7-5-6-16(10-19)13-23/h5-7,10-12H,3-4,8-9,14-15H2,1-2H3,(H,24,26). The van der Waals surface area contributed by atoms with Gasteiger partial charge in [0, 0.05) is 18.8 Å². The molecule has 0 saturated carbocycles. The van der Waals surface area contributed by atoms with Crippen LogP contribution in [0.4, 0.5) is 5.69 Å². The second-order valence-electron chi connectivity index (χ2n) is 6.64. The zero-order chi connectivity index (χ0) is 19.9. The van der Waals surface area contributed by atoms with Gasteiger partial charge in [0.25, 0.3) is 0 Å². The van der Waals surface area contributed by atoms with Gasteiger partial charge in [0.1, 0.15) is 0 Å². The quantitative estimate of drug-likeness (QED) is 0.798. The van der Waals surface area contributed by atoms with E-state index < -0.39 is 0 Å². The van der Waals surface area contributed by atoms with Crippen LogP contribution in [0.25, 0.3) is 0 Å². The summed E-state index contributed by atoms with van der Waals surface area (Å²) in [4.78, 5) is 14.5. The smallest absolute Gasteiger partial charge is 0.238 e. The van der Waals surface area contributed by atoms with Crippen LogP contribution in [0.3, 0.4) is 0 Å². The highest BCUT2D eigenvalue weighted by molar-refractivity contribution is 5.92. The fourth-order valence-corrected chi connectivity index (χ4v) is 3.36. The first-order valence-corrected chi connectivity index (χ1v) is 9.56. The third kappa shape index (κ3) is 4.81. The van der Waals surface area contributed by atoms with Gasteiger partial charge < -0.3 is 14.8 Å². The van der Waals surface area contributed by atoms with E-state index in [4.69, 9.17) is 14.7 Å². The SMILES string of the molecule is CCOc1cc2c(cc1OCC)CN(CC(=O)Nc1cccc(C#N)c1)CC2. The molecule has 1 aliphatic heterocycles. The first-order chi connectivity index (χ1) is 13.6. The lowest BCUT2D eigenvalue weighted by Gasteiger charge is -2.29. The minimum Gasteiger partial charge on any atom is -0.490 e. The van der Waals surface area contributed by atoms with Gasteiger partial charge in [0.05, 0.1) is 31.4 Å².